The second kappa shape index (κ2) is 12.3. The van der Waals surface area contributed by atoms with E-state index in [2.05, 4.69) is 0 Å². The Labute approximate surface area is 283 Å². The molecule has 3 fully saturated rings. The molecule has 0 aromatic heterocycles. The highest BCUT2D eigenvalue weighted by atomic mass is 16.7. The van der Waals surface area contributed by atoms with E-state index in [0.717, 1.165) is 0 Å². The monoisotopic (exact) mass is 678 g/mol. The van der Waals surface area contributed by atoms with Gasteiger partial charge in [-0.25, -0.2) is 9.59 Å². The van der Waals surface area contributed by atoms with E-state index in [9.17, 15) is 29.7 Å². The average molecular weight is 679 g/mol. The SMILES string of the molecule is CC(=O)O[C@@]12CO[C@@H]1C[C@H](O)[C@@]1(C)C(=O)C(OC(=O)OCc3ccccc3)=C3C(C)[C@@H](O)C[C@@](O)([C@@H](OC(=O)c4ccccc4)C12)C3(C)C. The molecule has 49 heavy (non-hydrogen) atoms. The molecule has 0 spiro atoms. The van der Waals surface area contributed by atoms with Crippen LogP contribution >= 0.6 is 0 Å². The van der Waals surface area contributed by atoms with Crippen molar-refractivity contribution in [1.82, 2.24) is 0 Å². The van der Waals surface area contributed by atoms with E-state index >= 15 is 4.79 Å². The Morgan fingerprint density at radius 1 is 0.980 bits per heavy atom. The Balaban J connectivity index is 1.57. The lowest BCUT2D eigenvalue weighted by Gasteiger charge is -2.67. The number of hydrogen-bond acceptors (Lipinski definition) is 12. The van der Waals surface area contributed by atoms with E-state index in [-0.39, 0.29) is 37.2 Å². The molecular formula is C37H42O12. The normalized spacial score (nSPS) is 36.1. The first-order valence-electron chi connectivity index (χ1n) is 16.4. The number of allylic oxidation sites excluding steroid dienone is 1. The zero-order valence-corrected chi connectivity index (χ0v) is 28.1. The highest BCUT2D eigenvalue weighted by molar-refractivity contribution is 6.02. The molecule has 12 nitrogen and oxygen atoms in total. The molecule has 0 radical (unpaired) electrons. The van der Waals surface area contributed by atoms with E-state index in [4.69, 9.17) is 23.7 Å². The van der Waals surface area contributed by atoms with Gasteiger partial charge in [-0.2, -0.15) is 0 Å². The molecule has 262 valence electrons. The molecule has 1 saturated heterocycles. The smallest absolute Gasteiger partial charge is 0.455 e. The van der Waals surface area contributed by atoms with Gasteiger partial charge in [0.1, 0.15) is 24.4 Å². The van der Waals surface area contributed by atoms with Crippen molar-refractivity contribution in [2.75, 3.05) is 6.61 Å². The van der Waals surface area contributed by atoms with Crippen LogP contribution in [0.2, 0.25) is 0 Å². The van der Waals surface area contributed by atoms with Crippen LogP contribution in [0, 0.1) is 22.7 Å². The number of benzene rings is 2. The van der Waals surface area contributed by atoms with Crippen LogP contribution in [0.3, 0.4) is 0 Å². The van der Waals surface area contributed by atoms with Crippen molar-refractivity contribution >= 4 is 23.9 Å². The Morgan fingerprint density at radius 2 is 1.61 bits per heavy atom. The lowest BCUT2D eigenvalue weighted by Crippen LogP contribution is -2.81. The average Bonchev–Trinajstić information content (AvgIpc) is 3.06. The van der Waals surface area contributed by atoms with Gasteiger partial charge in [0.05, 0.1) is 35.7 Å². The number of esters is 2. The summed E-state index contributed by atoms with van der Waals surface area (Å²) in [7, 11) is 0. The number of hydrogen-bond donors (Lipinski definition) is 3. The van der Waals surface area contributed by atoms with Crippen LogP contribution in [0.1, 0.15) is 63.4 Å². The summed E-state index contributed by atoms with van der Waals surface area (Å²) < 4.78 is 29.2. The largest absolute Gasteiger partial charge is 0.514 e. The number of carbonyl (C=O) groups is 4. The first kappa shape index (κ1) is 34.8. The van der Waals surface area contributed by atoms with Crippen molar-refractivity contribution in [3.8, 4) is 0 Å². The molecule has 2 unspecified atom stereocenters. The van der Waals surface area contributed by atoms with E-state index in [1.54, 1.807) is 69.3 Å². The van der Waals surface area contributed by atoms with Crippen molar-refractivity contribution in [2.45, 2.75) is 89.7 Å². The fourth-order valence-corrected chi connectivity index (χ4v) is 8.58. The number of ketones is 1. The number of aliphatic hydroxyl groups excluding tert-OH is 2. The van der Waals surface area contributed by atoms with Crippen molar-refractivity contribution in [3.05, 3.63) is 83.1 Å². The molecular weight excluding hydrogens is 636 g/mol. The third-order valence-corrected chi connectivity index (χ3v) is 11.3. The summed E-state index contributed by atoms with van der Waals surface area (Å²) >= 11 is 0. The number of fused-ring (bicyclic) bond motifs is 5. The van der Waals surface area contributed by atoms with Gasteiger partial charge in [-0.05, 0) is 30.2 Å². The van der Waals surface area contributed by atoms with E-state index in [1.807, 2.05) is 0 Å². The number of aliphatic hydroxyl groups is 3. The Morgan fingerprint density at radius 3 is 2.20 bits per heavy atom. The molecule has 0 amide bonds. The fraction of sp³-hybridized carbons (Fsp3) is 0.514. The van der Waals surface area contributed by atoms with E-state index in [0.29, 0.717) is 5.56 Å². The zero-order valence-electron chi connectivity index (χ0n) is 28.1. The Bertz CT molecular complexity index is 1670. The zero-order chi connectivity index (χ0) is 35.5. The maximum Gasteiger partial charge on any atom is 0.514 e. The van der Waals surface area contributed by atoms with Gasteiger partial charge < -0.3 is 39.0 Å². The summed E-state index contributed by atoms with van der Waals surface area (Å²) in [6.45, 7) is 7.04. The van der Waals surface area contributed by atoms with Gasteiger partial charge in [0.15, 0.2) is 11.4 Å². The predicted molar refractivity (Wildman–Crippen MR) is 170 cm³/mol. The first-order chi connectivity index (χ1) is 23.1. The topological polar surface area (TPSA) is 175 Å². The molecule has 1 heterocycles. The van der Waals surface area contributed by atoms with Gasteiger partial charge in [-0.3, -0.25) is 9.59 Å². The highest BCUT2D eigenvalue weighted by Gasteiger charge is 2.77. The predicted octanol–water partition coefficient (Wildman–Crippen LogP) is 3.65. The fourth-order valence-electron chi connectivity index (χ4n) is 8.58. The third kappa shape index (κ3) is 5.36. The summed E-state index contributed by atoms with van der Waals surface area (Å²) in [4.78, 5) is 55.1. The van der Waals surface area contributed by atoms with Crippen LogP contribution in [-0.4, -0.2) is 81.4 Å². The van der Waals surface area contributed by atoms with Crippen molar-refractivity contribution in [2.24, 2.45) is 22.7 Å². The Kier molecular flexibility index (Phi) is 8.76. The van der Waals surface area contributed by atoms with Crippen molar-refractivity contribution < 1.29 is 58.2 Å². The van der Waals surface area contributed by atoms with Crippen LogP contribution in [0.4, 0.5) is 4.79 Å². The minimum absolute atomic E-state index is 0.0802. The van der Waals surface area contributed by atoms with Gasteiger partial charge in [0, 0.05) is 31.1 Å². The minimum atomic E-state index is -2.18. The Hall–Kier alpha value is -4.10. The van der Waals surface area contributed by atoms with Crippen molar-refractivity contribution in [3.63, 3.8) is 0 Å². The quantitative estimate of drug-likeness (QED) is 0.299. The van der Waals surface area contributed by atoms with Gasteiger partial charge in [0.25, 0.3) is 0 Å². The van der Waals surface area contributed by atoms with E-state index in [1.165, 1.54) is 26.0 Å². The number of Topliss-reactive ketones (excluding diaryl/α,β-unsaturated/α-hetero) is 1. The molecule has 1 aliphatic heterocycles. The summed E-state index contributed by atoms with van der Waals surface area (Å²) in [5.74, 6) is -5.24. The summed E-state index contributed by atoms with van der Waals surface area (Å²) in [6, 6.07) is 16.8. The third-order valence-electron chi connectivity index (χ3n) is 11.3. The molecule has 12 heteroatoms. The van der Waals surface area contributed by atoms with E-state index < -0.39 is 87.9 Å². The van der Waals surface area contributed by atoms with Crippen LogP contribution in [-0.2, 0) is 39.9 Å². The molecule has 2 saturated carbocycles. The lowest BCUT2D eigenvalue weighted by atomic mass is 9.45. The summed E-state index contributed by atoms with van der Waals surface area (Å²) in [6.07, 6.45) is -7.14. The molecule has 4 aliphatic rings. The maximum atomic E-state index is 15.2. The number of carbonyl (C=O) groups excluding carboxylic acids is 4. The molecule has 3 N–H and O–H groups in total. The van der Waals surface area contributed by atoms with Gasteiger partial charge in [-0.15, -0.1) is 0 Å². The van der Waals surface area contributed by atoms with Crippen LogP contribution in [0.15, 0.2) is 72.0 Å². The molecule has 6 rings (SSSR count). The van der Waals surface area contributed by atoms with Crippen LogP contribution in [0.5, 0.6) is 0 Å². The molecule has 3 aliphatic carbocycles. The standard InChI is InChI=1S/C37H42O12/c1-20-24(39)17-37(44)31(48-32(42)23-14-10-7-11-15-23)29-35(5,25(40)16-26-36(29,19-46-26)49-21(2)38)30(41)28(27(20)34(37,3)4)47-33(43)45-18-22-12-8-6-9-13-22/h6-15,20,24-26,29,31,39-40,44H,16-19H2,1-5H3/t20?,24-,25-,26+,29?,31-,35+,36-,37+/m0/s1. The molecule has 9 atom stereocenters. The molecule has 2 aromatic rings. The molecule has 2 aromatic carbocycles. The van der Waals surface area contributed by atoms with Gasteiger partial charge in [-0.1, -0.05) is 69.3 Å². The second-order valence-electron chi connectivity index (χ2n) is 14.4. The summed E-state index contributed by atoms with van der Waals surface area (Å²) in [5.41, 5.74) is -6.48. The maximum absolute atomic E-state index is 15.2. The van der Waals surface area contributed by atoms with Gasteiger partial charge in [0.2, 0.25) is 5.78 Å². The highest BCUT2D eigenvalue weighted by Crippen LogP contribution is 2.64. The van der Waals surface area contributed by atoms with Crippen molar-refractivity contribution in [1.29, 1.82) is 0 Å². The molecule has 2 bridgehead atoms. The minimum Gasteiger partial charge on any atom is -0.455 e. The summed E-state index contributed by atoms with van der Waals surface area (Å²) in [5, 5.41) is 36.5. The number of rotatable bonds is 6. The lowest BCUT2D eigenvalue weighted by molar-refractivity contribution is -0.345. The van der Waals surface area contributed by atoms with Crippen LogP contribution < -0.4 is 0 Å². The second-order valence-corrected chi connectivity index (χ2v) is 14.4. The van der Waals surface area contributed by atoms with Gasteiger partial charge >= 0.3 is 18.1 Å². The number of ether oxygens (including phenoxy) is 5. The first-order valence-corrected chi connectivity index (χ1v) is 16.4. The van der Waals surface area contributed by atoms with Crippen LogP contribution in [0.25, 0.3) is 0 Å².